The number of primary amides is 1. The number of hydrogen-bond donors (Lipinski definition) is 2. The maximum Gasteiger partial charge on any atom is 0.243 e. The Morgan fingerprint density at radius 2 is 1.92 bits per heavy atom. The van der Waals surface area contributed by atoms with E-state index >= 15 is 0 Å². The van der Waals surface area contributed by atoms with E-state index in [1.807, 2.05) is 13.8 Å². The second-order valence-electron chi connectivity index (χ2n) is 2.85. The summed E-state index contributed by atoms with van der Waals surface area (Å²) in [6, 6.07) is 0. The molecule has 0 saturated heterocycles. The number of nitrogens with two attached hydrogens (primary N) is 2. The van der Waals surface area contributed by atoms with Crippen LogP contribution in [-0.4, -0.2) is 24.7 Å². The summed E-state index contributed by atoms with van der Waals surface area (Å²) < 4.78 is 5.34. The monoisotopic (exact) mass is 174 g/mol. The molecule has 0 bridgehead atoms. The zero-order valence-electron chi connectivity index (χ0n) is 7.80. The molecule has 0 heterocycles. The van der Waals surface area contributed by atoms with Gasteiger partial charge in [0, 0.05) is 6.54 Å². The smallest absolute Gasteiger partial charge is 0.243 e. The van der Waals surface area contributed by atoms with Gasteiger partial charge in [-0.25, -0.2) is 0 Å². The molecule has 72 valence electrons. The lowest BCUT2D eigenvalue weighted by atomic mass is 9.97. The molecule has 0 aliphatic carbocycles. The van der Waals surface area contributed by atoms with Crippen molar-refractivity contribution in [1.29, 1.82) is 0 Å². The Morgan fingerprint density at radius 3 is 2.17 bits per heavy atom. The van der Waals surface area contributed by atoms with Crippen LogP contribution in [0.5, 0.6) is 0 Å². The summed E-state index contributed by atoms with van der Waals surface area (Å²) in [6.07, 6.45) is 1.60. The van der Waals surface area contributed by atoms with Gasteiger partial charge in [0.1, 0.15) is 6.61 Å². The standard InChI is InChI=1S/C8H18N2O2/c1-3-8(4-2,6-9)12-5-7(10)11/h3-6,9H2,1-2H3,(H2,10,11). The van der Waals surface area contributed by atoms with Crippen LogP contribution in [0.2, 0.25) is 0 Å². The highest BCUT2D eigenvalue weighted by molar-refractivity contribution is 5.75. The Bertz CT molecular complexity index is 136. The van der Waals surface area contributed by atoms with Crippen LogP contribution >= 0.6 is 0 Å². The molecule has 4 N–H and O–H groups in total. The molecule has 12 heavy (non-hydrogen) atoms. The van der Waals surface area contributed by atoms with Gasteiger partial charge in [-0.1, -0.05) is 13.8 Å². The first-order valence-electron chi connectivity index (χ1n) is 4.22. The first kappa shape index (κ1) is 11.4. The lowest BCUT2D eigenvalue weighted by molar-refractivity contribution is -0.130. The van der Waals surface area contributed by atoms with E-state index in [0.29, 0.717) is 6.54 Å². The minimum atomic E-state index is -0.449. The first-order chi connectivity index (χ1) is 5.60. The molecule has 0 aromatic carbocycles. The lowest BCUT2D eigenvalue weighted by Crippen LogP contribution is -2.41. The van der Waals surface area contributed by atoms with E-state index < -0.39 is 5.91 Å². The number of carbonyl (C=O) groups excluding carboxylic acids is 1. The highest BCUT2D eigenvalue weighted by Crippen LogP contribution is 2.18. The van der Waals surface area contributed by atoms with Crippen molar-refractivity contribution in [2.24, 2.45) is 11.5 Å². The van der Waals surface area contributed by atoms with Crippen LogP contribution in [0.4, 0.5) is 0 Å². The van der Waals surface area contributed by atoms with E-state index in [0.717, 1.165) is 12.8 Å². The molecule has 4 nitrogen and oxygen atoms in total. The molecule has 0 aromatic heterocycles. The molecule has 0 radical (unpaired) electrons. The van der Waals surface area contributed by atoms with Crippen molar-refractivity contribution in [3.05, 3.63) is 0 Å². The zero-order chi connectivity index (χ0) is 9.61. The third-order valence-corrected chi connectivity index (χ3v) is 2.18. The molecule has 0 fully saturated rings. The number of amides is 1. The Hall–Kier alpha value is -0.610. The molecule has 0 rings (SSSR count). The number of carbonyl (C=O) groups is 1. The van der Waals surface area contributed by atoms with Gasteiger partial charge in [-0.15, -0.1) is 0 Å². The Balaban J connectivity index is 4.01. The van der Waals surface area contributed by atoms with Crippen LogP contribution < -0.4 is 11.5 Å². The van der Waals surface area contributed by atoms with Crippen LogP contribution in [-0.2, 0) is 9.53 Å². The lowest BCUT2D eigenvalue weighted by Gasteiger charge is -2.29. The molecule has 0 aliphatic rings. The van der Waals surface area contributed by atoms with Crippen LogP contribution in [0.3, 0.4) is 0 Å². The van der Waals surface area contributed by atoms with Gasteiger partial charge in [-0.05, 0) is 12.8 Å². The van der Waals surface area contributed by atoms with Gasteiger partial charge in [-0.3, -0.25) is 4.79 Å². The summed E-state index contributed by atoms with van der Waals surface area (Å²) >= 11 is 0. The van der Waals surface area contributed by atoms with Crippen LogP contribution in [0.1, 0.15) is 26.7 Å². The fourth-order valence-corrected chi connectivity index (χ4v) is 1.03. The molecule has 1 amide bonds. The van der Waals surface area contributed by atoms with Gasteiger partial charge in [-0.2, -0.15) is 0 Å². The molecular formula is C8H18N2O2. The zero-order valence-corrected chi connectivity index (χ0v) is 7.80. The third-order valence-electron chi connectivity index (χ3n) is 2.18. The summed E-state index contributed by atoms with van der Waals surface area (Å²) in [5.74, 6) is -0.449. The summed E-state index contributed by atoms with van der Waals surface area (Å²) in [5, 5.41) is 0. The maximum atomic E-state index is 10.5. The van der Waals surface area contributed by atoms with Crippen molar-refractivity contribution in [2.45, 2.75) is 32.3 Å². The van der Waals surface area contributed by atoms with E-state index in [1.165, 1.54) is 0 Å². The highest BCUT2D eigenvalue weighted by Gasteiger charge is 2.25. The Morgan fingerprint density at radius 1 is 1.42 bits per heavy atom. The molecular weight excluding hydrogens is 156 g/mol. The minimum Gasteiger partial charge on any atom is -0.368 e. The van der Waals surface area contributed by atoms with Gasteiger partial charge in [0.25, 0.3) is 0 Å². The number of rotatable bonds is 6. The highest BCUT2D eigenvalue weighted by atomic mass is 16.5. The minimum absolute atomic E-state index is 0.0428. The molecule has 0 saturated carbocycles. The van der Waals surface area contributed by atoms with E-state index in [-0.39, 0.29) is 12.2 Å². The van der Waals surface area contributed by atoms with Crippen molar-refractivity contribution in [1.82, 2.24) is 0 Å². The average Bonchev–Trinajstić information content (AvgIpc) is 2.08. The van der Waals surface area contributed by atoms with Gasteiger partial charge in [0.2, 0.25) is 5.91 Å². The van der Waals surface area contributed by atoms with Crippen molar-refractivity contribution in [2.75, 3.05) is 13.2 Å². The van der Waals surface area contributed by atoms with Crippen LogP contribution in [0, 0.1) is 0 Å². The largest absolute Gasteiger partial charge is 0.368 e. The van der Waals surface area contributed by atoms with Crippen molar-refractivity contribution < 1.29 is 9.53 Å². The fraction of sp³-hybridized carbons (Fsp3) is 0.875. The summed E-state index contributed by atoms with van der Waals surface area (Å²) in [6.45, 7) is 4.35. The number of hydrogen-bond acceptors (Lipinski definition) is 3. The van der Waals surface area contributed by atoms with E-state index in [1.54, 1.807) is 0 Å². The second-order valence-corrected chi connectivity index (χ2v) is 2.85. The predicted octanol–water partition coefficient (Wildman–Crippen LogP) is 0.00580. The van der Waals surface area contributed by atoms with E-state index in [4.69, 9.17) is 16.2 Å². The molecule has 0 spiro atoms. The van der Waals surface area contributed by atoms with Crippen LogP contribution in [0.25, 0.3) is 0 Å². The van der Waals surface area contributed by atoms with Crippen molar-refractivity contribution >= 4 is 5.91 Å². The van der Waals surface area contributed by atoms with Crippen LogP contribution in [0.15, 0.2) is 0 Å². The first-order valence-corrected chi connectivity index (χ1v) is 4.22. The van der Waals surface area contributed by atoms with Crippen molar-refractivity contribution in [3.63, 3.8) is 0 Å². The molecule has 0 unspecified atom stereocenters. The fourth-order valence-electron chi connectivity index (χ4n) is 1.03. The second kappa shape index (κ2) is 5.11. The summed E-state index contributed by atoms with van der Waals surface area (Å²) in [5.41, 5.74) is 10.1. The van der Waals surface area contributed by atoms with E-state index in [9.17, 15) is 4.79 Å². The third kappa shape index (κ3) is 3.19. The topological polar surface area (TPSA) is 78.3 Å². The maximum absolute atomic E-state index is 10.5. The van der Waals surface area contributed by atoms with E-state index in [2.05, 4.69) is 0 Å². The molecule has 0 atom stereocenters. The predicted molar refractivity (Wildman–Crippen MR) is 47.5 cm³/mol. The summed E-state index contributed by atoms with van der Waals surface area (Å²) in [4.78, 5) is 10.5. The quantitative estimate of drug-likeness (QED) is 0.595. The van der Waals surface area contributed by atoms with Gasteiger partial charge < -0.3 is 16.2 Å². The van der Waals surface area contributed by atoms with Gasteiger partial charge in [0.15, 0.2) is 0 Å². The molecule has 0 aromatic rings. The normalized spacial score (nSPS) is 11.6. The molecule has 0 aliphatic heterocycles. The Labute approximate surface area is 73.2 Å². The molecule has 4 heteroatoms. The number of ether oxygens (including phenoxy) is 1. The van der Waals surface area contributed by atoms with Crippen molar-refractivity contribution in [3.8, 4) is 0 Å². The van der Waals surface area contributed by atoms with Gasteiger partial charge >= 0.3 is 0 Å². The van der Waals surface area contributed by atoms with Gasteiger partial charge in [0.05, 0.1) is 5.60 Å². The SMILES string of the molecule is CCC(CC)(CN)OCC(N)=O. The Kier molecular flexibility index (Phi) is 4.85. The summed E-state index contributed by atoms with van der Waals surface area (Å²) in [7, 11) is 0. The average molecular weight is 174 g/mol.